The van der Waals surface area contributed by atoms with Crippen LogP contribution in [0.2, 0.25) is 0 Å². The number of pyridine rings is 1. The summed E-state index contributed by atoms with van der Waals surface area (Å²) in [5.41, 5.74) is 5.85. The van der Waals surface area contributed by atoms with Gasteiger partial charge in [-0.05, 0) is 48.0 Å². The van der Waals surface area contributed by atoms with E-state index < -0.39 is 0 Å². The molecule has 142 valence electrons. The molecule has 0 fully saturated rings. The van der Waals surface area contributed by atoms with Gasteiger partial charge in [-0.25, -0.2) is 0 Å². The van der Waals surface area contributed by atoms with E-state index >= 15 is 0 Å². The summed E-state index contributed by atoms with van der Waals surface area (Å²) in [6.07, 6.45) is 1.82. The third kappa shape index (κ3) is 2.85. The summed E-state index contributed by atoms with van der Waals surface area (Å²) >= 11 is 0. The van der Waals surface area contributed by atoms with Crippen molar-refractivity contribution in [2.45, 2.75) is 6.61 Å². The van der Waals surface area contributed by atoms with Crippen LogP contribution in [0, 0.1) is 0 Å². The van der Waals surface area contributed by atoms with Crippen molar-refractivity contribution in [2.75, 3.05) is 7.11 Å². The Morgan fingerprint density at radius 3 is 2.21 bits per heavy atom. The van der Waals surface area contributed by atoms with E-state index in [1.165, 1.54) is 10.8 Å². The van der Waals surface area contributed by atoms with Crippen molar-refractivity contribution in [3.05, 3.63) is 90.6 Å². The monoisotopic (exact) mass is 380 g/mol. The van der Waals surface area contributed by atoms with Crippen LogP contribution in [-0.2, 0) is 6.61 Å². The third-order valence-electron chi connectivity index (χ3n) is 5.34. The smallest absolute Gasteiger partial charge is 0.119 e. The van der Waals surface area contributed by atoms with Gasteiger partial charge in [-0.3, -0.25) is 4.98 Å². The minimum Gasteiger partial charge on any atom is -0.497 e. The molecule has 4 heteroatoms. The number of hydrogen-bond acceptors (Lipinski definition) is 3. The zero-order chi connectivity index (χ0) is 19.8. The predicted molar refractivity (Wildman–Crippen MR) is 116 cm³/mol. The molecule has 0 aliphatic carbocycles. The Morgan fingerprint density at radius 1 is 0.862 bits per heavy atom. The second kappa shape index (κ2) is 7.08. The van der Waals surface area contributed by atoms with E-state index in [2.05, 4.69) is 64.1 Å². The van der Waals surface area contributed by atoms with Crippen molar-refractivity contribution in [1.82, 2.24) is 9.55 Å². The molecule has 0 unspecified atom stereocenters. The number of hydrogen-bond donors (Lipinski definition) is 1. The van der Waals surface area contributed by atoms with Gasteiger partial charge >= 0.3 is 0 Å². The lowest BCUT2D eigenvalue weighted by atomic mass is 10.0. The van der Waals surface area contributed by atoms with Gasteiger partial charge in [0.2, 0.25) is 0 Å². The zero-order valence-electron chi connectivity index (χ0n) is 16.0. The molecule has 0 radical (unpaired) electrons. The zero-order valence-corrected chi connectivity index (χ0v) is 16.0. The van der Waals surface area contributed by atoms with Crippen LogP contribution in [0.25, 0.3) is 38.8 Å². The fourth-order valence-corrected chi connectivity index (χ4v) is 3.98. The highest BCUT2D eigenvalue weighted by Gasteiger charge is 2.13. The molecule has 0 aliphatic heterocycles. The van der Waals surface area contributed by atoms with Gasteiger partial charge in [-0.2, -0.15) is 0 Å². The van der Waals surface area contributed by atoms with Crippen LogP contribution in [0.1, 0.15) is 5.56 Å². The standard InChI is InChI=1S/C25H20N2O2/c1-29-19-10-11-20(17(14-19)16-28)23-15-18(12-13-26-23)27-24-8-4-2-6-21(24)22-7-3-5-9-25(22)27/h2-15,28H,16H2,1H3. The summed E-state index contributed by atoms with van der Waals surface area (Å²) in [6.45, 7) is -0.0756. The summed E-state index contributed by atoms with van der Waals surface area (Å²) in [5, 5.41) is 12.3. The van der Waals surface area contributed by atoms with Gasteiger partial charge in [-0.15, -0.1) is 0 Å². The molecule has 0 amide bonds. The van der Waals surface area contributed by atoms with Crippen molar-refractivity contribution in [2.24, 2.45) is 0 Å². The topological polar surface area (TPSA) is 47.3 Å². The Balaban J connectivity index is 1.74. The first-order chi connectivity index (χ1) is 14.3. The summed E-state index contributed by atoms with van der Waals surface area (Å²) in [4.78, 5) is 4.58. The summed E-state index contributed by atoms with van der Waals surface area (Å²) in [6, 6.07) is 26.6. The van der Waals surface area contributed by atoms with Crippen LogP contribution in [0.5, 0.6) is 5.75 Å². The van der Waals surface area contributed by atoms with Crippen LogP contribution >= 0.6 is 0 Å². The van der Waals surface area contributed by atoms with Crippen molar-refractivity contribution in [3.63, 3.8) is 0 Å². The van der Waals surface area contributed by atoms with Crippen molar-refractivity contribution >= 4 is 21.8 Å². The molecule has 0 atom stereocenters. The number of rotatable bonds is 4. The Bertz CT molecular complexity index is 1280. The average Bonchev–Trinajstić information content (AvgIpc) is 3.13. The highest BCUT2D eigenvalue weighted by Crippen LogP contribution is 2.33. The predicted octanol–water partition coefficient (Wildman–Crippen LogP) is 5.35. The Kier molecular flexibility index (Phi) is 4.26. The van der Waals surface area contributed by atoms with Gasteiger partial charge in [0.05, 0.1) is 30.4 Å². The molecule has 0 saturated carbocycles. The second-order valence-electron chi connectivity index (χ2n) is 6.95. The highest BCUT2D eigenvalue weighted by molar-refractivity contribution is 6.09. The van der Waals surface area contributed by atoms with Crippen LogP contribution < -0.4 is 4.74 Å². The summed E-state index contributed by atoms with van der Waals surface area (Å²) in [5.74, 6) is 0.719. The molecule has 2 heterocycles. The van der Waals surface area contributed by atoms with E-state index in [4.69, 9.17) is 4.74 Å². The van der Waals surface area contributed by atoms with Gasteiger partial charge < -0.3 is 14.4 Å². The minimum atomic E-state index is -0.0756. The first kappa shape index (κ1) is 17.5. The number of fused-ring (bicyclic) bond motifs is 3. The number of aromatic nitrogens is 2. The van der Waals surface area contributed by atoms with E-state index in [1.54, 1.807) is 7.11 Å². The number of aliphatic hydroxyl groups is 1. The molecule has 0 saturated heterocycles. The molecule has 5 rings (SSSR count). The van der Waals surface area contributed by atoms with Crippen LogP contribution in [-0.4, -0.2) is 21.8 Å². The fraction of sp³-hybridized carbons (Fsp3) is 0.0800. The molecule has 0 spiro atoms. The number of benzene rings is 3. The fourth-order valence-electron chi connectivity index (χ4n) is 3.98. The molecule has 3 aromatic carbocycles. The van der Waals surface area contributed by atoms with Gasteiger partial charge in [-0.1, -0.05) is 36.4 Å². The van der Waals surface area contributed by atoms with E-state index in [-0.39, 0.29) is 6.61 Å². The van der Waals surface area contributed by atoms with Crippen LogP contribution in [0.4, 0.5) is 0 Å². The number of para-hydroxylation sites is 2. The lowest BCUT2D eigenvalue weighted by molar-refractivity contribution is 0.281. The van der Waals surface area contributed by atoms with Crippen molar-refractivity contribution in [1.29, 1.82) is 0 Å². The summed E-state index contributed by atoms with van der Waals surface area (Å²) < 4.78 is 7.55. The molecule has 0 bridgehead atoms. The van der Waals surface area contributed by atoms with Gasteiger partial charge in [0, 0.05) is 28.2 Å². The van der Waals surface area contributed by atoms with Crippen molar-refractivity contribution < 1.29 is 9.84 Å². The van der Waals surface area contributed by atoms with E-state index in [9.17, 15) is 5.11 Å². The first-order valence-electron chi connectivity index (χ1n) is 9.53. The van der Waals surface area contributed by atoms with E-state index in [0.29, 0.717) is 0 Å². The van der Waals surface area contributed by atoms with Gasteiger partial charge in [0.25, 0.3) is 0 Å². The van der Waals surface area contributed by atoms with Crippen LogP contribution in [0.3, 0.4) is 0 Å². The van der Waals surface area contributed by atoms with Gasteiger partial charge in [0.1, 0.15) is 5.75 Å². The van der Waals surface area contributed by atoms with E-state index in [1.807, 2.05) is 30.5 Å². The van der Waals surface area contributed by atoms with Gasteiger partial charge in [0.15, 0.2) is 0 Å². The molecule has 4 nitrogen and oxygen atoms in total. The third-order valence-corrected chi connectivity index (χ3v) is 5.34. The Morgan fingerprint density at radius 2 is 1.55 bits per heavy atom. The number of methoxy groups -OCH3 is 1. The quantitative estimate of drug-likeness (QED) is 0.457. The molecule has 5 aromatic rings. The number of nitrogens with zero attached hydrogens (tertiary/aromatic N) is 2. The number of aliphatic hydroxyl groups excluding tert-OH is 1. The molecular formula is C25H20N2O2. The average molecular weight is 380 g/mol. The first-order valence-corrected chi connectivity index (χ1v) is 9.53. The van der Waals surface area contributed by atoms with Crippen molar-refractivity contribution in [3.8, 4) is 22.7 Å². The summed E-state index contributed by atoms with van der Waals surface area (Å²) in [7, 11) is 1.62. The lowest BCUT2D eigenvalue weighted by Crippen LogP contribution is -1.97. The SMILES string of the molecule is COc1ccc(-c2cc(-n3c4ccccc4c4ccccc43)ccn2)c(CO)c1. The maximum atomic E-state index is 9.85. The normalized spacial score (nSPS) is 11.2. The molecule has 0 aliphatic rings. The second-order valence-corrected chi connectivity index (χ2v) is 6.95. The molecule has 29 heavy (non-hydrogen) atoms. The largest absolute Gasteiger partial charge is 0.497 e. The highest BCUT2D eigenvalue weighted by atomic mass is 16.5. The minimum absolute atomic E-state index is 0.0756. The maximum absolute atomic E-state index is 9.85. The molecule has 1 N–H and O–H groups in total. The lowest BCUT2D eigenvalue weighted by Gasteiger charge is -2.12. The van der Waals surface area contributed by atoms with Crippen LogP contribution in [0.15, 0.2) is 85.1 Å². The molecular weight excluding hydrogens is 360 g/mol. The number of ether oxygens (including phenoxy) is 1. The van der Waals surface area contributed by atoms with E-state index in [0.717, 1.165) is 39.3 Å². The Labute approximate surface area is 168 Å². The molecule has 2 aromatic heterocycles. The maximum Gasteiger partial charge on any atom is 0.119 e. The Hall–Kier alpha value is -3.63.